The van der Waals surface area contributed by atoms with E-state index in [2.05, 4.69) is 80.4 Å². The summed E-state index contributed by atoms with van der Waals surface area (Å²) in [7, 11) is 14.7. The van der Waals surface area contributed by atoms with Crippen molar-refractivity contribution in [2.75, 3.05) is 82.9 Å². The van der Waals surface area contributed by atoms with Crippen molar-refractivity contribution in [2.24, 2.45) is 10.3 Å². The number of aromatic amines is 2. The highest BCUT2D eigenvalue weighted by molar-refractivity contribution is 6.31. The molecule has 2 aliphatic carbocycles. The van der Waals surface area contributed by atoms with Crippen molar-refractivity contribution in [1.29, 1.82) is 0 Å². The Kier molecular flexibility index (Phi) is 16.0. The maximum Gasteiger partial charge on any atom is 0.161 e. The number of nitrogens with zero attached hydrogens (tertiary/aromatic N) is 4. The first-order chi connectivity index (χ1) is 38.1. The van der Waals surface area contributed by atoms with Gasteiger partial charge in [0.1, 0.15) is 49.3 Å². The number of ether oxygens (including phenoxy) is 6. The Labute approximate surface area is 465 Å². The highest BCUT2D eigenvalue weighted by atomic mass is 35.5. The molecule has 0 saturated carbocycles. The number of rotatable bonds is 18. The molecule has 0 unspecified atom stereocenters. The average Bonchev–Trinajstić information content (AvgIpc) is 4.39. The van der Waals surface area contributed by atoms with E-state index in [9.17, 15) is 0 Å². The van der Waals surface area contributed by atoms with Gasteiger partial charge >= 0.3 is 0 Å². The van der Waals surface area contributed by atoms with E-state index in [4.69, 9.17) is 48.4 Å². The zero-order chi connectivity index (χ0) is 53.9. The normalized spacial score (nSPS) is 13.0. The van der Waals surface area contributed by atoms with E-state index in [-0.39, 0.29) is 12.4 Å². The highest BCUT2D eigenvalue weighted by Gasteiger charge is 2.34. The Hall–Kier alpha value is -8.69. The molecule has 2 aliphatic rings. The van der Waals surface area contributed by atoms with Gasteiger partial charge in [-0.1, -0.05) is 95.2 Å². The minimum absolute atomic E-state index is 0. The van der Waals surface area contributed by atoms with Crippen LogP contribution in [0.4, 0.5) is 0 Å². The number of methoxy groups -OCH3 is 4. The molecular weight excluding hydrogens is 1020 g/mol. The third-order valence-corrected chi connectivity index (χ3v) is 14.2. The molecule has 0 aliphatic heterocycles. The van der Waals surface area contributed by atoms with Gasteiger partial charge in [-0.05, 0) is 122 Å². The molecule has 10 aromatic rings. The number of likely N-dealkylation sites (N-methyl/N-ethyl adjacent to an activating group) is 2. The molecule has 0 amide bonds. The standard InChI is InChI=1S/2C32H31N3O4.ClH/c2*1-35(2)14-15-38-22-12-13-27-26(16-22)30-31(33-27)24-17-28(36-3)29(37-4)18-25(24)32(30)34-39-19-21-10-7-9-20-8-5-6-11-23(20)21;/h2*5-13,16-18,33H,14-15,19H2,1-4H3;1H. The molecule has 14 nitrogen and oxygen atoms in total. The first kappa shape index (κ1) is 53.7. The second-order valence-corrected chi connectivity index (χ2v) is 19.7. The third-order valence-electron chi connectivity index (χ3n) is 14.2. The summed E-state index contributed by atoms with van der Waals surface area (Å²) >= 11 is 0. The van der Waals surface area contributed by atoms with Crippen LogP contribution >= 0.6 is 12.4 Å². The van der Waals surface area contributed by atoms with Gasteiger partial charge in [0.25, 0.3) is 0 Å². The van der Waals surface area contributed by atoms with Crippen LogP contribution in [0, 0.1) is 0 Å². The van der Waals surface area contributed by atoms with Crippen LogP contribution in [0.3, 0.4) is 0 Å². The lowest BCUT2D eigenvalue weighted by Gasteiger charge is -2.12. The van der Waals surface area contributed by atoms with Crippen LogP contribution in [-0.2, 0) is 22.9 Å². The maximum atomic E-state index is 6.06. The topological polar surface area (TPSA) is 137 Å². The smallest absolute Gasteiger partial charge is 0.161 e. The molecule has 0 radical (unpaired) electrons. The SMILES string of the molecule is COc1cc2c(cc1OC)-c1[nH]c3ccc(OCCN(C)C)cc3c1C2=NOCc1cccc2ccccc12.COc1cc2c(cc1OC)-c1[nH]c3ccc(OCCN(C)C)cc3c1C2=NOCc1cccc2ccccc12.Cl. The number of aromatic nitrogens is 2. The van der Waals surface area contributed by atoms with Gasteiger partial charge in [-0.3, -0.25) is 0 Å². The summed E-state index contributed by atoms with van der Waals surface area (Å²) < 4.78 is 34.6. The summed E-state index contributed by atoms with van der Waals surface area (Å²) in [6.45, 7) is 3.59. The number of nitrogens with one attached hydrogen (secondary N) is 2. The van der Waals surface area contributed by atoms with Crippen LogP contribution in [0.15, 0.2) is 156 Å². The summed E-state index contributed by atoms with van der Waals surface area (Å²) in [6.07, 6.45) is 0. The van der Waals surface area contributed by atoms with Gasteiger partial charge in [-0.25, -0.2) is 0 Å². The predicted octanol–water partition coefficient (Wildman–Crippen LogP) is 12.9. The van der Waals surface area contributed by atoms with Gasteiger partial charge in [0, 0.05) is 68.3 Å². The molecule has 2 aromatic heterocycles. The Morgan fingerprint density at radius 1 is 0.418 bits per heavy atom. The molecule has 0 fully saturated rings. The van der Waals surface area contributed by atoms with E-state index in [0.717, 1.165) is 124 Å². The van der Waals surface area contributed by atoms with Crippen molar-refractivity contribution >= 4 is 67.2 Å². The minimum Gasteiger partial charge on any atom is -0.493 e. The minimum atomic E-state index is 0. The number of hydrogen-bond donors (Lipinski definition) is 2. The maximum absolute atomic E-state index is 6.06. The van der Waals surface area contributed by atoms with Crippen LogP contribution in [-0.4, -0.2) is 114 Å². The van der Waals surface area contributed by atoms with Crippen LogP contribution in [0.5, 0.6) is 34.5 Å². The Morgan fingerprint density at radius 2 is 0.797 bits per heavy atom. The fourth-order valence-electron chi connectivity index (χ4n) is 10.3. The quantitative estimate of drug-likeness (QED) is 0.0799. The van der Waals surface area contributed by atoms with Crippen LogP contribution in [0.25, 0.3) is 65.9 Å². The van der Waals surface area contributed by atoms with Crippen molar-refractivity contribution in [3.63, 3.8) is 0 Å². The molecule has 15 heteroatoms. The third kappa shape index (κ3) is 10.7. The van der Waals surface area contributed by atoms with E-state index in [0.29, 0.717) is 49.4 Å². The monoisotopic (exact) mass is 1080 g/mol. The molecule has 12 rings (SSSR count). The lowest BCUT2D eigenvalue weighted by atomic mass is 10.1. The summed E-state index contributed by atoms with van der Waals surface area (Å²) in [4.78, 5) is 23.5. The second kappa shape index (κ2) is 23.5. The van der Waals surface area contributed by atoms with E-state index in [1.807, 2.05) is 113 Å². The summed E-state index contributed by atoms with van der Waals surface area (Å²) in [5.74, 6) is 4.22. The molecule has 0 spiro atoms. The van der Waals surface area contributed by atoms with Crippen molar-refractivity contribution in [2.45, 2.75) is 13.2 Å². The van der Waals surface area contributed by atoms with E-state index in [1.165, 1.54) is 10.8 Å². The molecule has 8 aromatic carbocycles. The fraction of sp³-hybridized carbons (Fsp3) is 0.219. The van der Waals surface area contributed by atoms with Gasteiger partial charge in [-0.15, -0.1) is 12.4 Å². The van der Waals surface area contributed by atoms with Crippen molar-refractivity contribution in [3.8, 4) is 57.0 Å². The Bertz CT molecular complexity index is 3660. The molecular formula is C64H63ClN6O8. The number of oxime groups is 2. The lowest BCUT2D eigenvalue weighted by molar-refractivity contribution is 0.132. The number of fused-ring (bicyclic) bond motifs is 12. The lowest BCUT2D eigenvalue weighted by Crippen LogP contribution is -2.19. The average molecular weight is 1080 g/mol. The zero-order valence-corrected chi connectivity index (χ0v) is 46.4. The molecule has 2 N–H and O–H groups in total. The van der Waals surface area contributed by atoms with Crippen LogP contribution in [0.2, 0.25) is 0 Å². The van der Waals surface area contributed by atoms with Crippen molar-refractivity contribution < 1.29 is 38.1 Å². The van der Waals surface area contributed by atoms with Crippen LogP contribution in [0.1, 0.15) is 33.4 Å². The Morgan fingerprint density at radius 3 is 1.19 bits per heavy atom. The largest absolute Gasteiger partial charge is 0.493 e. The molecule has 79 heavy (non-hydrogen) atoms. The van der Waals surface area contributed by atoms with Crippen molar-refractivity contribution in [3.05, 3.63) is 179 Å². The number of benzene rings is 8. The van der Waals surface area contributed by atoms with E-state index >= 15 is 0 Å². The Balaban J connectivity index is 0.000000176. The predicted molar refractivity (Wildman–Crippen MR) is 318 cm³/mol. The van der Waals surface area contributed by atoms with E-state index in [1.54, 1.807) is 28.4 Å². The first-order valence-electron chi connectivity index (χ1n) is 25.9. The summed E-state index contributed by atoms with van der Waals surface area (Å²) in [6, 6.07) is 49.2. The van der Waals surface area contributed by atoms with Crippen molar-refractivity contribution in [1.82, 2.24) is 19.8 Å². The zero-order valence-electron chi connectivity index (χ0n) is 45.6. The van der Waals surface area contributed by atoms with Gasteiger partial charge in [0.2, 0.25) is 0 Å². The molecule has 0 atom stereocenters. The first-order valence-corrected chi connectivity index (χ1v) is 25.9. The van der Waals surface area contributed by atoms with E-state index < -0.39 is 0 Å². The highest BCUT2D eigenvalue weighted by Crippen LogP contribution is 2.48. The summed E-state index contributed by atoms with van der Waals surface area (Å²) in [5.41, 5.74) is 13.4. The molecule has 2 heterocycles. The fourth-order valence-corrected chi connectivity index (χ4v) is 10.3. The van der Waals surface area contributed by atoms with Gasteiger partial charge in [-0.2, -0.15) is 0 Å². The molecule has 0 saturated heterocycles. The van der Waals surface area contributed by atoms with Gasteiger partial charge in [0.05, 0.1) is 39.8 Å². The molecule has 404 valence electrons. The number of hydrogen-bond acceptors (Lipinski definition) is 12. The van der Waals surface area contributed by atoms with Crippen LogP contribution < -0.4 is 28.4 Å². The number of halogens is 1. The molecule has 0 bridgehead atoms. The number of H-pyrrole nitrogens is 2. The summed E-state index contributed by atoms with van der Waals surface area (Å²) in [5, 5.41) is 16.2. The van der Waals surface area contributed by atoms with Gasteiger partial charge in [0.15, 0.2) is 23.0 Å². The van der Waals surface area contributed by atoms with Gasteiger partial charge < -0.3 is 57.9 Å². The second-order valence-electron chi connectivity index (χ2n) is 19.7.